The van der Waals surface area contributed by atoms with E-state index in [4.69, 9.17) is 0 Å². The van der Waals surface area contributed by atoms with E-state index in [1.165, 1.54) is 17.7 Å². The fraction of sp³-hybridized carbons (Fsp3) is 0.765. The summed E-state index contributed by atoms with van der Waals surface area (Å²) >= 11 is 1.79. The van der Waals surface area contributed by atoms with Gasteiger partial charge in [-0.1, -0.05) is 20.8 Å². The third kappa shape index (κ3) is 2.93. The van der Waals surface area contributed by atoms with E-state index in [1.807, 2.05) is 27.0 Å². The van der Waals surface area contributed by atoms with Crippen molar-refractivity contribution in [3.63, 3.8) is 0 Å². The van der Waals surface area contributed by atoms with Gasteiger partial charge < -0.3 is 4.90 Å². The summed E-state index contributed by atoms with van der Waals surface area (Å²) in [4.78, 5) is 23.0. The molecule has 0 radical (unpaired) electrons. The molecule has 2 saturated heterocycles. The van der Waals surface area contributed by atoms with Crippen molar-refractivity contribution in [1.82, 2.24) is 14.8 Å². The molecule has 0 bridgehead atoms. The number of aryl methyl sites for hydroxylation is 1. The number of hydrogen-bond acceptors (Lipinski definition) is 4. The molecule has 1 aromatic rings. The number of aromatic nitrogens is 1. The Labute approximate surface area is 137 Å². The first-order valence-corrected chi connectivity index (χ1v) is 9.08. The van der Waals surface area contributed by atoms with Crippen LogP contribution in [0.3, 0.4) is 0 Å². The number of nitrogens with zero attached hydrogens (tertiary/aromatic N) is 3. The second-order valence-electron chi connectivity index (χ2n) is 7.82. The molecule has 1 amide bonds. The molecule has 3 rings (SSSR count). The van der Waals surface area contributed by atoms with Crippen LogP contribution >= 0.6 is 11.3 Å². The number of piperidine rings is 1. The average molecular weight is 321 g/mol. The van der Waals surface area contributed by atoms with E-state index in [9.17, 15) is 4.79 Å². The summed E-state index contributed by atoms with van der Waals surface area (Å²) in [5, 5.41) is 1.14. The summed E-state index contributed by atoms with van der Waals surface area (Å²) in [6, 6.07) is 0. The number of carbonyl (C=O) groups is 1. The lowest BCUT2D eigenvalue weighted by atomic mass is 9.77. The summed E-state index contributed by atoms with van der Waals surface area (Å²) < 4.78 is 0. The summed E-state index contributed by atoms with van der Waals surface area (Å²) in [7, 11) is 0. The normalized spacial score (nSPS) is 26.3. The molecule has 22 heavy (non-hydrogen) atoms. The van der Waals surface area contributed by atoms with E-state index in [0.717, 1.165) is 37.6 Å². The Morgan fingerprint density at radius 2 is 2.14 bits per heavy atom. The number of thiazole rings is 1. The van der Waals surface area contributed by atoms with Crippen molar-refractivity contribution in [2.75, 3.05) is 19.6 Å². The van der Waals surface area contributed by atoms with Crippen LogP contribution in [-0.4, -0.2) is 45.9 Å². The predicted molar refractivity (Wildman–Crippen MR) is 89.9 cm³/mol. The van der Waals surface area contributed by atoms with Gasteiger partial charge in [0.2, 0.25) is 5.91 Å². The van der Waals surface area contributed by atoms with Gasteiger partial charge in [0, 0.05) is 48.2 Å². The molecule has 122 valence electrons. The van der Waals surface area contributed by atoms with Gasteiger partial charge in [-0.05, 0) is 26.2 Å². The molecule has 0 N–H and O–H groups in total. The monoisotopic (exact) mass is 321 g/mol. The van der Waals surface area contributed by atoms with Crippen LogP contribution in [-0.2, 0) is 11.3 Å². The summed E-state index contributed by atoms with van der Waals surface area (Å²) in [6.45, 7) is 12.1. The quantitative estimate of drug-likeness (QED) is 0.840. The lowest BCUT2D eigenvalue weighted by Gasteiger charge is -2.57. The second-order valence-corrected chi connectivity index (χ2v) is 9.14. The average Bonchev–Trinajstić information content (AvgIpc) is 2.87. The molecule has 2 aliphatic heterocycles. The minimum absolute atomic E-state index is 0.219. The van der Waals surface area contributed by atoms with Crippen LogP contribution in [0, 0.1) is 12.3 Å². The second kappa shape index (κ2) is 5.60. The largest absolute Gasteiger partial charge is 0.340 e. The Morgan fingerprint density at radius 3 is 2.68 bits per heavy atom. The highest BCUT2D eigenvalue weighted by Gasteiger charge is 2.48. The first-order chi connectivity index (χ1) is 10.3. The molecule has 0 saturated carbocycles. The fourth-order valence-corrected chi connectivity index (χ4v) is 4.53. The van der Waals surface area contributed by atoms with Gasteiger partial charge in [0.05, 0.1) is 5.01 Å². The van der Waals surface area contributed by atoms with Gasteiger partial charge >= 0.3 is 0 Å². The highest BCUT2D eigenvalue weighted by atomic mass is 32.1. The van der Waals surface area contributed by atoms with Crippen LogP contribution in [0.25, 0.3) is 0 Å². The summed E-state index contributed by atoms with van der Waals surface area (Å²) in [6.07, 6.45) is 5.57. The first-order valence-electron chi connectivity index (χ1n) is 8.26. The predicted octanol–water partition coefficient (Wildman–Crippen LogP) is 3.06. The molecule has 1 aromatic heterocycles. The molecule has 4 nitrogen and oxygen atoms in total. The van der Waals surface area contributed by atoms with E-state index in [2.05, 4.69) is 21.7 Å². The van der Waals surface area contributed by atoms with Gasteiger partial charge in [0.1, 0.15) is 0 Å². The molecular formula is C17H27N3OS. The number of likely N-dealkylation sites (tertiary alicyclic amines) is 2. The molecule has 1 spiro atoms. The van der Waals surface area contributed by atoms with Crippen LogP contribution < -0.4 is 0 Å². The maximum absolute atomic E-state index is 12.6. The zero-order chi connectivity index (χ0) is 16.0. The minimum Gasteiger partial charge on any atom is -0.340 e. The zero-order valence-electron chi connectivity index (χ0n) is 14.2. The Balaban J connectivity index is 1.69. The number of rotatable bonds is 2. The molecule has 0 aliphatic carbocycles. The molecule has 5 heteroatoms. The zero-order valence-corrected chi connectivity index (χ0v) is 15.0. The third-order valence-corrected chi connectivity index (χ3v) is 5.92. The number of amides is 1. The summed E-state index contributed by atoms with van der Waals surface area (Å²) in [5.41, 5.74) is -0.0566. The summed E-state index contributed by atoms with van der Waals surface area (Å²) in [5.74, 6) is 0.298. The number of hydrogen-bond donors (Lipinski definition) is 0. The molecule has 0 unspecified atom stereocenters. The van der Waals surface area contributed by atoms with Crippen molar-refractivity contribution in [1.29, 1.82) is 0 Å². The molecule has 0 aromatic carbocycles. The Hall–Kier alpha value is -0.940. The number of carbonyl (C=O) groups excluding carboxylic acids is 1. The molecule has 2 fully saturated rings. The molecule has 3 heterocycles. The van der Waals surface area contributed by atoms with Crippen LogP contribution in [0.4, 0.5) is 0 Å². The fourth-order valence-electron chi connectivity index (χ4n) is 3.72. The maximum Gasteiger partial charge on any atom is 0.228 e. The lowest BCUT2D eigenvalue weighted by Crippen LogP contribution is -2.67. The highest BCUT2D eigenvalue weighted by molar-refractivity contribution is 7.11. The van der Waals surface area contributed by atoms with Crippen molar-refractivity contribution >= 4 is 17.2 Å². The Kier molecular flexibility index (Phi) is 4.06. The van der Waals surface area contributed by atoms with Crippen molar-refractivity contribution in [2.24, 2.45) is 5.41 Å². The standard InChI is InChI=1S/C17H27N3OS/c1-13-18-10-14(22-13)11-20-9-7-17(20)6-5-8-19(12-17)15(21)16(2,3)4/h10H,5-9,11-12H2,1-4H3/t17-/m1/s1. The van der Waals surface area contributed by atoms with Crippen molar-refractivity contribution < 1.29 is 4.79 Å². The SMILES string of the molecule is Cc1ncc(CN2CC[C@@]23CCCN(C(=O)C(C)(C)C)C3)s1. The smallest absolute Gasteiger partial charge is 0.228 e. The van der Waals surface area contributed by atoms with E-state index in [0.29, 0.717) is 5.91 Å². The van der Waals surface area contributed by atoms with Crippen LogP contribution in [0.2, 0.25) is 0 Å². The van der Waals surface area contributed by atoms with Crippen LogP contribution in [0.5, 0.6) is 0 Å². The molecular weight excluding hydrogens is 294 g/mol. The van der Waals surface area contributed by atoms with E-state index in [-0.39, 0.29) is 11.0 Å². The Morgan fingerprint density at radius 1 is 1.36 bits per heavy atom. The molecule has 1 atom stereocenters. The Bertz CT molecular complexity index is 562. The lowest BCUT2D eigenvalue weighted by molar-refractivity contribution is -0.148. The van der Waals surface area contributed by atoms with Gasteiger partial charge in [-0.3, -0.25) is 9.69 Å². The van der Waals surface area contributed by atoms with E-state index >= 15 is 0 Å². The third-order valence-electron chi connectivity index (χ3n) is 5.02. The molecule has 2 aliphatic rings. The van der Waals surface area contributed by atoms with Crippen LogP contribution in [0.15, 0.2) is 6.20 Å². The van der Waals surface area contributed by atoms with Gasteiger partial charge in [-0.25, -0.2) is 4.98 Å². The highest BCUT2D eigenvalue weighted by Crippen LogP contribution is 2.40. The van der Waals surface area contributed by atoms with Crippen molar-refractivity contribution in [2.45, 2.75) is 59.0 Å². The van der Waals surface area contributed by atoms with Gasteiger partial charge in [-0.2, -0.15) is 0 Å². The van der Waals surface area contributed by atoms with Gasteiger partial charge in [0.25, 0.3) is 0 Å². The van der Waals surface area contributed by atoms with E-state index < -0.39 is 0 Å². The van der Waals surface area contributed by atoms with E-state index in [1.54, 1.807) is 11.3 Å². The minimum atomic E-state index is -0.276. The maximum atomic E-state index is 12.6. The first kappa shape index (κ1) is 15.9. The van der Waals surface area contributed by atoms with Crippen LogP contribution in [0.1, 0.15) is 49.9 Å². The van der Waals surface area contributed by atoms with Gasteiger partial charge in [0.15, 0.2) is 0 Å². The van der Waals surface area contributed by atoms with Crippen molar-refractivity contribution in [3.8, 4) is 0 Å². The topological polar surface area (TPSA) is 36.4 Å². The van der Waals surface area contributed by atoms with Crippen molar-refractivity contribution in [3.05, 3.63) is 16.1 Å². The van der Waals surface area contributed by atoms with Gasteiger partial charge in [-0.15, -0.1) is 11.3 Å².